The minimum atomic E-state index is -0.0187. The van der Waals surface area contributed by atoms with Gasteiger partial charge in [-0.25, -0.2) is 0 Å². The van der Waals surface area contributed by atoms with E-state index < -0.39 is 0 Å². The Labute approximate surface area is 118 Å². The predicted octanol–water partition coefficient (Wildman–Crippen LogP) is 2.07. The lowest BCUT2D eigenvalue weighted by Gasteiger charge is -2.26. The van der Waals surface area contributed by atoms with Crippen LogP contribution >= 0.6 is 11.6 Å². The number of aliphatic hydroxyl groups is 1. The Bertz CT molecular complexity index is 402. The van der Waals surface area contributed by atoms with Crippen LogP contribution in [0.1, 0.15) is 18.0 Å². The van der Waals surface area contributed by atoms with E-state index in [1.165, 1.54) is 0 Å². The van der Waals surface area contributed by atoms with Crippen LogP contribution in [0.15, 0.2) is 24.3 Å². The molecular formula is C14H20ClNO3. The zero-order valence-corrected chi connectivity index (χ0v) is 11.8. The molecule has 1 aliphatic rings. The molecule has 0 saturated carbocycles. The van der Waals surface area contributed by atoms with Gasteiger partial charge in [-0.3, -0.25) is 4.90 Å². The van der Waals surface area contributed by atoms with E-state index in [1.54, 1.807) is 7.11 Å². The second-order valence-corrected chi connectivity index (χ2v) is 5.17. The van der Waals surface area contributed by atoms with Gasteiger partial charge < -0.3 is 14.6 Å². The van der Waals surface area contributed by atoms with Gasteiger partial charge in [0.1, 0.15) is 6.79 Å². The van der Waals surface area contributed by atoms with E-state index in [2.05, 4.69) is 4.90 Å². The van der Waals surface area contributed by atoms with Crippen LogP contribution in [0, 0.1) is 0 Å². The van der Waals surface area contributed by atoms with E-state index >= 15 is 0 Å². The van der Waals surface area contributed by atoms with E-state index in [9.17, 15) is 5.11 Å². The van der Waals surface area contributed by atoms with Gasteiger partial charge in [-0.05, 0) is 24.1 Å². The monoisotopic (exact) mass is 285 g/mol. The Balaban J connectivity index is 1.99. The van der Waals surface area contributed by atoms with Crippen molar-refractivity contribution in [1.29, 1.82) is 0 Å². The average Bonchev–Trinajstić information content (AvgIpc) is 2.86. The zero-order chi connectivity index (χ0) is 13.7. The van der Waals surface area contributed by atoms with Crippen LogP contribution in [0.3, 0.4) is 0 Å². The van der Waals surface area contributed by atoms with Crippen molar-refractivity contribution in [2.24, 2.45) is 0 Å². The predicted molar refractivity (Wildman–Crippen MR) is 74.2 cm³/mol. The molecular weight excluding hydrogens is 266 g/mol. The third-order valence-corrected chi connectivity index (χ3v) is 3.68. The molecule has 19 heavy (non-hydrogen) atoms. The molecule has 0 unspecified atom stereocenters. The summed E-state index contributed by atoms with van der Waals surface area (Å²) in [7, 11) is 1.62. The standard InChI is InChI=1S/C14H20ClNO3/c1-18-10-19-13-5-6-16(8-13)14(9-17)11-3-2-4-12(15)7-11/h2-4,7,13-14,17H,5-6,8-10H2,1H3/t13-,14-/m0/s1. The number of aliphatic hydroxyl groups excluding tert-OH is 1. The van der Waals surface area contributed by atoms with Crippen molar-refractivity contribution in [2.75, 3.05) is 33.6 Å². The fourth-order valence-electron chi connectivity index (χ4n) is 2.48. The molecule has 1 saturated heterocycles. The molecule has 5 heteroatoms. The number of halogens is 1. The number of hydrogen-bond acceptors (Lipinski definition) is 4. The Morgan fingerprint density at radius 1 is 1.53 bits per heavy atom. The first-order valence-electron chi connectivity index (χ1n) is 6.45. The third kappa shape index (κ3) is 3.91. The normalized spacial score (nSPS) is 21.7. The van der Waals surface area contributed by atoms with Crippen LogP contribution in [0.25, 0.3) is 0 Å². The number of ether oxygens (including phenoxy) is 2. The molecule has 1 aromatic rings. The summed E-state index contributed by atoms with van der Waals surface area (Å²) < 4.78 is 10.5. The fourth-order valence-corrected chi connectivity index (χ4v) is 2.68. The maximum absolute atomic E-state index is 9.64. The lowest BCUT2D eigenvalue weighted by Crippen LogP contribution is -2.30. The lowest BCUT2D eigenvalue weighted by atomic mass is 10.1. The summed E-state index contributed by atoms with van der Waals surface area (Å²) in [6.07, 6.45) is 1.13. The highest BCUT2D eigenvalue weighted by molar-refractivity contribution is 6.30. The first kappa shape index (κ1) is 14.8. The van der Waals surface area contributed by atoms with Gasteiger partial charge in [0.05, 0.1) is 18.8 Å². The lowest BCUT2D eigenvalue weighted by molar-refractivity contribution is -0.0684. The molecule has 2 rings (SSSR count). The van der Waals surface area contributed by atoms with Crippen molar-refractivity contribution >= 4 is 11.6 Å². The minimum Gasteiger partial charge on any atom is -0.394 e. The largest absolute Gasteiger partial charge is 0.394 e. The summed E-state index contributed by atoms with van der Waals surface area (Å²) in [5.41, 5.74) is 1.04. The maximum Gasteiger partial charge on any atom is 0.146 e. The Kier molecular flexibility index (Phi) is 5.60. The Morgan fingerprint density at radius 3 is 3.05 bits per heavy atom. The number of hydrogen-bond donors (Lipinski definition) is 1. The quantitative estimate of drug-likeness (QED) is 0.813. The molecule has 1 fully saturated rings. The second kappa shape index (κ2) is 7.22. The molecule has 0 radical (unpaired) electrons. The molecule has 1 N–H and O–H groups in total. The van der Waals surface area contributed by atoms with Crippen molar-refractivity contribution in [3.8, 4) is 0 Å². The molecule has 0 aromatic heterocycles. The summed E-state index contributed by atoms with van der Waals surface area (Å²) in [5, 5.41) is 10.3. The van der Waals surface area contributed by atoms with Gasteiger partial charge in [0, 0.05) is 25.2 Å². The van der Waals surface area contributed by atoms with Gasteiger partial charge in [0.25, 0.3) is 0 Å². The van der Waals surface area contributed by atoms with Crippen molar-refractivity contribution in [3.05, 3.63) is 34.9 Å². The molecule has 1 aromatic carbocycles. The van der Waals surface area contributed by atoms with Gasteiger partial charge in [0.2, 0.25) is 0 Å². The summed E-state index contributed by atoms with van der Waals surface area (Å²) in [5.74, 6) is 0. The fraction of sp³-hybridized carbons (Fsp3) is 0.571. The van der Waals surface area contributed by atoms with Gasteiger partial charge in [0.15, 0.2) is 0 Å². The van der Waals surface area contributed by atoms with Crippen LogP contribution in [-0.4, -0.2) is 49.7 Å². The molecule has 0 bridgehead atoms. The zero-order valence-electron chi connectivity index (χ0n) is 11.1. The van der Waals surface area contributed by atoms with Crippen LogP contribution < -0.4 is 0 Å². The van der Waals surface area contributed by atoms with Gasteiger partial charge >= 0.3 is 0 Å². The van der Waals surface area contributed by atoms with Crippen LogP contribution in [0.2, 0.25) is 5.02 Å². The Morgan fingerprint density at radius 2 is 2.37 bits per heavy atom. The van der Waals surface area contributed by atoms with Gasteiger partial charge in [-0.1, -0.05) is 23.7 Å². The highest BCUT2D eigenvalue weighted by Gasteiger charge is 2.29. The molecule has 0 spiro atoms. The highest BCUT2D eigenvalue weighted by atomic mass is 35.5. The second-order valence-electron chi connectivity index (χ2n) is 4.73. The number of rotatable bonds is 6. The smallest absolute Gasteiger partial charge is 0.146 e. The van der Waals surface area contributed by atoms with Crippen LogP contribution in [0.5, 0.6) is 0 Å². The van der Waals surface area contributed by atoms with Gasteiger partial charge in [-0.2, -0.15) is 0 Å². The van der Waals surface area contributed by atoms with E-state index in [0.29, 0.717) is 11.8 Å². The number of likely N-dealkylation sites (tertiary alicyclic amines) is 1. The first-order chi connectivity index (χ1) is 9.24. The number of nitrogens with zero attached hydrogens (tertiary/aromatic N) is 1. The summed E-state index contributed by atoms with van der Waals surface area (Å²) in [6.45, 7) is 2.12. The van der Waals surface area contributed by atoms with Crippen LogP contribution in [0.4, 0.5) is 0 Å². The first-order valence-corrected chi connectivity index (χ1v) is 6.83. The van der Waals surface area contributed by atoms with E-state index in [0.717, 1.165) is 25.1 Å². The average molecular weight is 286 g/mol. The van der Waals surface area contributed by atoms with Gasteiger partial charge in [-0.15, -0.1) is 0 Å². The van der Waals surface area contributed by atoms with E-state index in [1.807, 2.05) is 24.3 Å². The third-order valence-electron chi connectivity index (χ3n) is 3.45. The number of methoxy groups -OCH3 is 1. The number of benzene rings is 1. The molecule has 1 aliphatic heterocycles. The molecule has 2 atom stereocenters. The van der Waals surface area contributed by atoms with Crippen molar-refractivity contribution in [1.82, 2.24) is 4.90 Å². The van der Waals surface area contributed by atoms with Crippen molar-refractivity contribution < 1.29 is 14.6 Å². The summed E-state index contributed by atoms with van der Waals surface area (Å²) >= 11 is 6.01. The summed E-state index contributed by atoms with van der Waals surface area (Å²) in [6, 6.07) is 7.64. The minimum absolute atomic E-state index is 0.0187. The molecule has 106 valence electrons. The molecule has 0 aliphatic carbocycles. The van der Waals surface area contributed by atoms with Crippen molar-refractivity contribution in [2.45, 2.75) is 18.6 Å². The highest BCUT2D eigenvalue weighted by Crippen LogP contribution is 2.27. The van der Waals surface area contributed by atoms with E-state index in [-0.39, 0.29) is 18.8 Å². The molecule has 4 nitrogen and oxygen atoms in total. The maximum atomic E-state index is 9.64. The molecule has 1 heterocycles. The SMILES string of the molecule is COCO[C@H]1CCN([C@@H](CO)c2cccc(Cl)c2)C1. The topological polar surface area (TPSA) is 41.9 Å². The Hall–Kier alpha value is -0.650. The molecule has 0 amide bonds. The summed E-state index contributed by atoms with van der Waals surface area (Å²) in [4.78, 5) is 2.23. The van der Waals surface area contributed by atoms with E-state index in [4.69, 9.17) is 21.1 Å². The van der Waals surface area contributed by atoms with Crippen molar-refractivity contribution in [3.63, 3.8) is 0 Å². The van der Waals surface area contributed by atoms with Crippen LogP contribution in [-0.2, 0) is 9.47 Å².